The van der Waals surface area contributed by atoms with Crippen LogP contribution in [0.3, 0.4) is 0 Å². The third kappa shape index (κ3) is 2.16. The molecule has 2 N–H and O–H groups in total. The summed E-state index contributed by atoms with van der Waals surface area (Å²) < 4.78 is 1.29. The molecule has 0 bridgehead atoms. The molecule has 0 saturated heterocycles. The number of hydrogen-bond donors (Lipinski definition) is 2. The zero-order valence-electron chi connectivity index (χ0n) is 7.85. The molecule has 1 heterocycles. The van der Waals surface area contributed by atoms with Gasteiger partial charge in [0.05, 0.1) is 0 Å². The number of rotatable bonds is 4. The summed E-state index contributed by atoms with van der Waals surface area (Å²) in [5.41, 5.74) is -0.340. The van der Waals surface area contributed by atoms with E-state index in [0.717, 1.165) is 11.8 Å². The summed E-state index contributed by atoms with van der Waals surface area (Å²) in [4.78, 5) is 21.7. The van der Waals surface area contributed by atoms with Crippen molar-refractivity contribution in [3.63, 3.8) is 0 Å². The number of carboxylic acid groups (broad SMARTS) is 1. The molecule has 0 aliphatic rings. The van der Waals surface area contributed by atoms with Gasteiger partial charge >= 0.3 is 11.7 Å². The van der Waals surface area contributed by atoms with E-state index in [9.17, 15) is 9.59 Å². The van der Waals surface area contributed by atoms with E-state index in [1.54, 1.807) is 14.0 Å². The first-order valence-corrected chi connectivity index (χ1v) is 4.95. The molecule has 0 radical (unpaired) electrons. The molecule has 1 atom stereocenters. The monoisotopic (exact) mass is 217 g/mol. The molecule has 0 aliphatic carbocycles. The van der Waals surface area contributed by atoms with E-state index in [0.29, 0.717) is 11.6 Å². The van der Waals surface area contributed by atoms with E-state index in [1.807, 2.05) is 0 Å². The lowest BCUT2D eigenvalue weighted by atomic mass is 10.3. The zero-order chi connectivity index (χ0) is 10.7. The number of nitrogens with zero attached hydrogens (tertiary/aromatic N) is 2. The molecular formula is C7H11N3O3S. The predicted octanol–water partition coefficient (Wildman–Crippen LogP) is 0.0637. The van der Waals surface area contributed by atoms with Gasteiger partial charge in [-0.1, -0.05) is 18.7 Å². The minimum atomic E-state index is -0.895. The highest BCUT2D eigenvalue weighted by atomic mass is 32.2. The van der Waals surface area contributed by atoms with Crippen LogP contribution >= 0.6 is 11.8 Å². The van der Waals surface area contributed by atoms with Crippen LogP contribution in [0.1, 0.15) is 13.3 Å². The Bertz CT molecular complexity index is 384. The van der Waals surface area contributed by atoms with Crippen LogP contribution in [0.25, 0.3) is 0 Å². The van der Waals surface area contributed by atoms with Gasteiger partial charge in [-0.3, -0.25) is 9.36 Å². The van der Waals surface area contributed by atoms with Crippen LogP contribution in [-0.4, -0.2) is 31.1 Å². The highest BCUT2D eigenvalue weighted by Gasteiger charge is 2.19. The second kappa shape index (κ2) is 4.32. The summed E-state index contributed by atoms with van der Waals surface area (Å²) in [7, 11) is 1.54. The van der Waals surface area contributed by atoms with E-state index in [1.165, 1.54) is 4.57 Å². The van der Waals surface area contributed by atoms with Crippen LogP contribution in [0.5, 0.6) is 0 Å². The number of aliphatic carboxylic acids is 1. The van der Waals surface area contributed by atoms with E-state index in [-0.39, 0.29) is 5.69 Å². The van der Waals surface area contributed by atoms with Gasteiger partial charge in [-0.25, -0.2) is 9.89 Å². The molecule has 78 valence electrons. The van der Waals surface area contributed by atoms with Gasteiger partial charge in [0.1, 0.15) is 5.25 Å². The SMILES string of the molecule is CCC(Sc1n[nH]c(=O)n1C)C(=O)O. The summed E-state index contributed by atoms with van der Waals surface area (Å²) in [5, 5.41) is 14.6. The number of aromatic nitrogens is 3. The highest BCUT2D eigenvalue weighted by Crippen LogP contribution is 2.21. The summed E-state index contributed by atoms with van der Waals surface area (Å²) in [5.74, 6) is -0.895. The van der Waals surface area contributed by atoms with E-state index in [2.05, 4.69) is 10.2 Å². The molecular weight excluding hydrogens is 206 g/mol. The summed E-state index contributed by atoms with van der Waals surface area (Å²) in [6, 6.07) is 0. The average Bonchev–Trinajstić information content (AvgIpc) is 2.44. The minimum Gasteiger partial charge on any atom is -0.480 e. The molecule has 0 saturated carbocycles. The third-order valence-corrected chi connectivity index (χ3v) is 3.13. The first-order chi connectivity index (χ1) is 6.56. The van der Waals surface area contributed by atoms with Crippen LogP contribution in [-0.2, 0) is 11.8 Å². The first kappa shape index (κ1) is 10.8. The summed E-state index contributed by atoms with van der Waals surface area (Å²) >= 11 is 1.07. The molecule has 1 unspecified atom stereocenters. The Kier molecular flexibility index (Phi) is 3.34. The number of aromatic amines is 1. The Morgan fingerprint density at radius 3 is 2.79 bits per heavy atom. The molecule has 0 fully saturated rings. The molecule has 0 amide bonds. The molecule has 6 nitrogen and oxygen atoms in total. The fourth-order valence-corrected chi connectivity index (χ4v) is 1.73. The lowest BCUT2D eigenvalue weighted by Crippen LogP contribution is -2.17. The normalized spacial score (nSPS) is 12.7. The quantitative estimate of drug-likeness (QED) is 0.696. The molecule has 0 aromatic carbocycles. The minimum absolute atomic E-state index is 0.340. The topological polar surface area (TPSA) is 88.0 Å². The van der Waals surface area contributed by atoms with Crippen LogP contribution in [0, 0.1) is 0 Å². The largest absolute Gasteiger partial charge is 0.480 e. The first-order valence-electron chi connectivity index (χ1n) is 4.07. The van der Waals surface area contributed by atoms with Gasteiger partial charge in [0.2, 0.25) is 0 Å². The Morgan fingerprint density at radius 2 is 2.43 bits per heavy atom. The van der Waals surface area contributed by atoms with E-state index >= 15 is 0 Å². The second-order valence-corrected chi connectivity index (χ2v) is 3.89. The fourth-order valence-electron chi connectivity index (χ4n) is 0.874. The number of thioether (sulfide) groups is 1. The van der Waals surface area contributed by atoms with Crippen molar-refractivity contribution in [2.24, 2.45) is 7.05 Å². The van der Waals surface area contributed by atoms with Gasteiger partial charge in [0.15, 0.2) is 5.16 Å². The van der Waals surface area contributed by atoms with Crippen LogP contribution in [0.2, 0.25) is 0 Å². The Morgan fingerprint density at radius 1 is 1.79 bits per heavy atom. The van der Waals surface area contributed by atoms with Crippen LogP contribution in [0.4, 0.5) is 0 Å². The Labute approximate surface area is 84.3 Å². The summed E-state index contributed by atoms with van der Waals surface area (Å²) in [6.45, 7) is 1.77. The number of nitrogens with one attached hydrogen (secondary N) is 1. The van der Waals surface area contributed by atoms with E-state index < -0.39 is 11.2 Å². The number of hydrogen-bond acceptors (Lipinski definition) is 4. The van der Waals surface area contributed by atoms with Crippen molar-refractivity contribution in [1.82, 2.24) is 14.8 Å². The molecule has 0 spiro atoms. The lowest BCUT2D eigenvalue weighted by molar-refractivity contribution is -0.136. The zero-order valence-corrected chi connectivity index (χ0v) is 8.67. The molecule has 1 aromatic heterocycles. The number of H-pyrrole nitrogens is 1. The fraction of sp³-hybridized carbons (Fsp3) is 0.571. The van der Waals surface area contributed by atoms with Crippen molar-refractivity contribution < 1.29 is 9.90 Å². The van der Waals surface area contributed by atoms with Gasteiger partial charge in [-0.2, -0.15) is 0 Å². The van der Waals surface area contributed by atoms with Gasteiger partial charge in [-0.15, -0.1) is 5.10 Å². The van der Waals surface area contributed by atoms with Crippen LogP contribution in [0.15, 0.2) is 9.95 Å². The smallest absolute Gasteiger partial charge is 0.343 e. The number of carboxylic acids is 1. The van der Waals surface area contributed by atoms with Gasteiger partial charge in [0.25, 0.3) is 0 Å². The molecule has 14 heavy (non-hydrogen) atoms. The maximum absolute atomic E-state index is 11.0. The molecule has 0 aliphatic heterocycles. The maximum Gasteiger partial charge on any atom is 0.343 e. The molecule has 1 rings (SSSR count). The second-order valence-electron chi connectivity index (χ2n) is 2.72. The van der Waals surface area contributed by atoms with Crippen molar-refractivity contribution in [2.45, 2.75) is 23.8 Å². The Balaban J connectivity index is 2.82. The summed E-state index contributed by atoms with van der Waals surface area (Å²) in [6.07, 6.45) is 0.487. The van der Waals surface area contributed by atoms with Gasteiger partial charge in [0, 0.05) is 7.05 Å². The van der Waals surface area contributed by atoms with E-state index in [4.69, 9.17) is 5.11 Å². The standard InChI is InChI=1S/C7H11N3O3S/c1-3-4(5(11)12)14-7-9-8-6(13)10(7)2/h4H,3H2,1-2H3,(H,8,13)(H,11,12). The Hall–Kier alpha value is -1.24. The molecule has 7 heteroatoms. The van der Waals surface area contributed by atoms with Gasteiger partial charge < -0.3 is 5.11 Å². The lowest BCUT2D eigenvalue weighted by Gasteiger charge is -2.06. The van der Waals surface area contributed by atoms with Crippen molar-refractivity contribution in [2.75, 3.05) is 0 Å². The predicted molar refractivity (Wildman–Crippen MR) is 51.4 cm³/mol. The van der Waals surface area contributed by atoms with Crippen molar-refractivity contribution in [1.29, 1.82) is 0 Å². The number of carbonyl (C=O) groups is 1. The third-order valence-electron chi connectivity index (χ3n) is 1.73. The van der Waals surface area contributed by atoms with Crippen molar-refractivity contribution in [3.05, 3.63) is 10.5 Å². The van der Waals surface area contributed by atoms with Crippen molar-refractivity contribution in [3.8, 4) is 0 Å². The molecule has 1 aromatic rings. The maximum atomic E-state index is 11.0. The average molecular weight is 217 g/mol. The van der Waals surface area contributed by atoms with Gasteiger partial charge in [-0.05, 0) is 6.42 Å². The van der Waals surface area contributed by atoms with Crippen LogP contribution < -0.4 is 5.69 Å². The van der Waals surface area contributed by atoms with Crippen molar-refractivity contribution >= 4 is 17.7 Å². The highest BCUT2D eigenvalue weighted by molar-refractivity contribution is 8.00.